The highest BCUT2D eigenvalue weighted by molar-refractivity contribution is 7.89. The van der Waals surface area contributed by atoms with Gasteiger partial charge in [-0.2, -0.15) is 13.2 Å². The highest BCUT2D eigenvalue weighted by Gasteiger charge is 2.31. The molecule has 7 nitrogen and oxygen atoms in total. The smallest absolute Gasteiger partial charge is 0.416 e. The highest BCUT2D eigenvalue weighted by atomic mass is 32.2. The lowest BCUT2D eigenvalue weighted by molar-refractivity contribution is -0.137. The number of hydrogen-bond donors (Lipinski definition) is 1. The van der Waals surface area contributed by atoms with Crippen molar-refractivity contribution in [1.82, 2.24) is 14.6 Å². The summed E-state index contributed by atoms with van der Waals surface area (Å²) < 4.78 is 86.2. The molecule has 0 spiro atoms. The highest BCUT2D eigenvalue weighted by Crippen LogP contribution is 2.31. The summed E-state index contributed by atoms with van der Waals surface area (Å²) in [6, 6.07) is 14.4. The van der Waals surface area contributed by atoms with Gasteiger partial charge in [0.05, 0.1) is 11.8 Å². The van der Waals surface area contributed by atoms with Crippen LogP contribution < -0.4 is 14.4 Å². The summed E-state index contributed by atoms with van der Waals surface area (Å²) in [7, 11) is -3.75. The Bertz CT molecular complexity index is 1390. The molecule has 0 amide bonds. The zero-order valence-corrected chi connectivity index (χ0v) is 23.2. The predicted octanol–water partition coefficient (Wildman–Crippen LogP) is 5.23. The Morgan fingerprint density at radius 2 is 1.54 bits per heavy atom. The van der Waals surface area contributed by atoms with Crippen molar-refractivity contribution in [3.63, 3.8) is 0 Å². The molecule has 12 heteroatoms. The second-order valence-corrected chi connectivity index (χ2v) is 12.2. The Morgan fingerprint density at radius 3 is 2.12 bits per heavy atom. The largest absolute Gasteiger partial charge is 0.474 e. The molecule has 41 heavy (non-hydrogen) atoms. The number of halogens is 4. The number of benzene rings is 2. The fourth-order valence-corrected chi connectivity index (χ4v) is 6.45. The Morgan fingerprint density at radius 1 is 0.878 bits per heavy atom. The fraction of sp³-hybridized carbons (Fsp3) is 0.414. The first-order chi connectivity index (χ1) is 19.5. The van der Waals surface area contributed by atoms with Gasteiger partial charge in [-0.15, -0.1) is 0 Å². The zero-order chi connectivity index (χ0) is 29.0. The molecule has 0 unspecified atom stereocenters. The number of sulfonamides is 1. The summed E-state index contributed by atoms with van der Waals surface area (Å²) in [5.74, 6) is 0.0575. The van der Waals surface area contributed by atoms with Gasteiger partial charge in [-0.1, -0.05) is 12.1 Å². The van der Waals surface area contributed by atoms with Gasteiger partial charge in [0.2, 0.25) is 15.9 Å². The lowest BCUT2D eigenvalue weighted by Gasteiger charge is -2.33. The lowest BCUT2D eigenvalue weighted by atomic mass is 10.1. The molecule has 2 fully saturated rings. The standard InChI is InChI=1S/C29H32F4N4O3S/c30-23-5-1-21(2-6-23)20-36-15-11-24(12-16-36)35-41(38,39)27-9-10-28(34-19-27)40-26-13-17-37(18-14-26)25-7-3-22(4-8-25)29(31,32)33/h1-10,19,24,26,35H,11-18,20H2. The lowest BCUT2D eigenvalue weighted by Crippen LogP contribution is -2.44. The van der Waals surface area contributed by atoms with E-state index in [1.807, 2.05) is 4.90 Å². The molecule has 220 valence electrons. The molecule has 0 aliphatic carbocycles. The molecule has 0 bridgehead atoms. The van der Waals surface area contributed by atoms with Crippen molar-refractivity contribution in [3.05, 3.63) is 83.8 Å². The van der Waals surface area contributed by atoms with Crippen LogP contribution in [-0.2, 0) is 22.7 Å². The van der Waals surface area contributed by atoms with Crippen LogP contribution in [0.3, 0.4) is 0 Å². The fourth-order valence-electron chi connectivity index (χ4n) is 5.20. The van der Waals surface area contributed by atoms with Gasteiger partial charge in [0.15, 0.2) is 0 Å². The number of nitrogens with zero attached hydrogens (tertiary/aromatic N) is 3. The molecule has 1 N–H and O–H groups in total. The van der Waals surface area contributed by atoms with Crippen LogP contribution in [-0.4, -0.2) is 56.6 Å². The summed E-state index contributed by atoms with van der Waals surface area (Å²) in [6.45, 7) is 3.39. The monoisotopic (exact) mass is 592 g/mol. The molecule has 0 atom stereocenters. The number of rotatable bonds is 8. The maximum Gasteiger partial charge on any atom is 0.416 e. The Hall–Kier alpha value is -3.22. The van der Waals surface area contributed by atoms with E-state index in [1.165, 1.54) is 36.5 Å². The van der Waals surface area contributed by atoms with Crippen LogP contribution >= 0.6 is 0 Å². The van der Waals surface area contributed by atoms with Crippen LogP contribution in [0.5, 0.6) is 5.88 Å². The number of likely N-dealkylation sites (tertiary alicyclic amines) is 1. The molecule has 3 heterocycles. The minimum Gasteiger partial charge on any atom is -0.474 e. The average Bonchev–Trinajstić information content (AvgIpc) is 2.95. The van der Waals surface area contributed by atoms with E-state index >= 15 is 0 Å². The van der Waals surface area contributed by atoms with Crippen LogP contribution in [0.4, 0.5) is 23.2 Å². The van der Waals surface area contributed by atoms with Crippen LogP contribution in [0.25, 0.3) is 0 Å². The van der Waals surface area contributed by atoms with Gasteiger partial charge in [0, 0.05) is 63.4 Å². The van der Waals surface area contributed by atoms with E-state index in [0.717, 1.165) is 36.5 Å². The third kappa shape index (κ3) is 7.75. The molecule has 0 radical (unpaired) electrons. The molecule has 0 saturated carbocycles. The topological polar surface area (TPSA) is 74.8 Å². The van der Waals surface area contributed by atoms with Crippen LogP contribution in [0.1, 0.15) is 36.8 Å². The third-order valence-electron chi connectivity index (χ3n) is 7.54. The van der Waals surface area contributed by atoms with Gasteiger partial charge < -0.3 is 9.64 Å². The Kier molecular flexibility index (Phi) is 8.81. The molecular formula is C29H32F4N4O3S. The summed E-state index contributed by atoms with van der Waals surface area (Å²) in [4.78, 5) is 8.51. The number of ether oxygens (including phenoxy) is 1. The number of pyridine rings is 1. The van der Waals surface area contributed by atoms with Gasteiger partial charge >= 0.3 is 6.18 Å². The second kappa shape index (κ2) is 12.3. The van der Waals surface area contributed by atoms with Crippen molar-refractivity contribution in [1.29, 1.82) is 0 Å². The van der Waals surface area contributed by atoms with Gasteiger partial charge in [-0.05, 0) is 60.9 Å². The van der Waals surface area contributed by atoms with E-state index < -0.39 is 21.8 Å². The maximum atomic E-state index is 13.1. The third-order valence-corrected chi connectivity index (χ3v) is 9.04. The molecule has 2 aliphatic heterocycles. The molecule has 1 aromatic heterocycles. The number of nitrogens with one attached hydrogen (secondary N) is 1. The van der Waals surface area contributed by atoms with Crippen molar-refractivity contribution in [2.24, 2.45) is 0 Å². The average molecular weight is 593 g/mol. The van der Waals surface area contributed by atoms with Crippen molar-refractivity contribution in [3.8, 4) is 5.88 Å². The first-order valence-corrected chi connectivity index (χ1v) is 15.1. The SMILES string of the molecule is O=S(=O)(NC1CCN(Cc2ccc(F)cc2)CC1)c1ccc(OC2CCN(c3ccc(C(F)(F)F)cc3)CC2)nc1. The Labute approximate surface area is 237 Å². The van der Waals surface area contributed by atoms with E-state index in [-0.39, 0.29) is 22.9 Å². The van der Waals surface area contributed by atoms with E-state index in [4.69, 9.17) is 4.74 Å². The van der Waals surface area contributed by atoms with E-state index in [9.17, 15) is 26.0 Å². The molecular weight excluding hydrogens is 560 g/mol. The summed E-state index contributed by atoms with van der Waals surface area (Å²) in [5.41, 5.74) is 1.08. The van der Waals surface area contributed by atoms with Crippen molar-refractivity contribution >= 4 is 15.7 Å². The minimum absolute atomic E-state index is 0.0655. The zero-order valence-electron chi connectivity index (χ0n) is 22.4. The number of piperidine rings is 2. The number of alkyl halides is 3. The molecule has 2 aromatic carbocycles. The first kappa shape index (κ1) is 29.3. The number of anilines is 1. The summed E-state index contributed by atoms with van der Waals surface area (Å²) in [5, 5.41) is 0. The molecule has 5 rings (SSSR count). The summed E-state index contributed by atoms with van der Waals surface area (Å²) in [6.07, 6.45) is -0.552. The minimum atomic E-state index is -4.36. The van der Waals surface area contributed by atoms with Crippen molar-refractivity contribution in [2.75, 3.05) is 31.1 Å². The van der Waals surface area contributed by atoms with E-state index in [0.29, 0.717) is 51.2 Å². The van der Waals surface area contributed by atoms with E-state index in [1.54, 1.807) is 18.2 Å². The van der Waals surface area contributed by atoms with Gasteiger partial charge in [-0.3, -0.25) is 4.90 Å². The van der Waals surface area contributed by atoms with Crippen LogP contribution in [0.15, 0.2) is 71.8 Å². The van der Waals surface area contributed by atoms with Crippen LogP contribution in [0.2, 0.25) is 0 Å². The van der Waals surface area contributed by atoms with Crippen molar-refractivity contribution < 1.29 is 30.7 Å². The maximum absolute atomic E-state index is 13.1. The Balaban J connectivity index is 1.07. The van der Waals surface area contributed by atoms with Crippen molar-refractivity contribution in [2.45, 2.75) is 55.4 Å². The number of hydrogen-bond acceptors (Lipinski definition) is 6. The quantitative estimate of drug-likeness (QED) is 0.361. The first-order valence-electron chi connectivity index (χ1n) is 13.6. The van der Waals surface area contributed by atoms with Gasteiger partial charge in [0.25, 0.3) is 0 Å². The molecule has 2 aliphatic rings. The van der Waals surface area contributed by atoms with Gasteiger partial charge in [0.1, 0.15) is 16.8 Å². The predicted molar refractivity (Wildman–Crippen MR) is 147 cm³/mol. The molecule has 3 aromatic rings. The summed E-state index contributed by atoms with van der Waals surface area (Å²) >= 11 is 0. The molecule has 2 saturated heterocycles. The normalized spacial score (nSPS) is 18.0. The number of aromatic nitrogens is 1. The van der Waals surface area contributed by atoms with E-state index in [2.05, 4.69) is 14.6 Å². The van der Waals surface area contributed by atoms with Gasteiger partial charge in [-0.25, -0.2) is 22.5 Å². The second-order valence-electron chi connectivity index (χ2n) is 10.5. The van der Waals surface area contributed by atoms with Crippen LogP contribution in [0, 0.1) is 5.82 Å².